The van der Waals surface area contributed by atoms with E-state index in [1.54, 1.807) is 7.11 Å². The van der Waals surface area contributed by atoms with Gasteiger partial charge in [-0.15, -0.1) is 0 Å². The van der Waals surface area contributed by atoms with Crippen LogP contribution in [0.2, 0.25) is 0 Å². The summed E-state index contributed by atoms with van der Waals surface area (Å²) in [4.78, 5) is 11.6. The van der Waals surface area contributed by atoms with Gasteiger partial charge in [0.1, 0.15) is 5.75 Å². The zero-order valence-electron chi connectivity index (χ0n) is 10.5. The third-order valence-corrected chi connectivity index (χ3v) is 2.35. The van der Waals surface area contributed by atoms with Crippen LogP contribution in [0.4, 0.5) is 0 Å². The summed E-state index contributed by atoms with van der Waals surface area (Å²) < 4.78 is 10.2. The van der Waals surface area contributed by atoms with Crippen molar-refractivity contribution in [3.05, 3.63) is 29.8 Å². The van der Waals surface area contributed by atoms with Crippen molar-refractivity contribution in [1.82, 2.24) is 5.32 Å². The molecule has 0 saturated heterocycles. The van der Waals surface area contributed by atoms with Crippen LogP contribution in [0.3, 0.4) is 0 Å². The minimum absolute atomic E-state index is 0.00480. The molecule has 0 radical (unpaired) electrons. The van der Waals surface area contributed by atoms with Gasteiger partial charge in [-0.3, -0.25) is 4.79 Å². The molecule has 0 heterocycles. The lowest BCUT2D eigenvalue weighted by Crippen LogP contribution is -2.29. The van der Waals surface area contributed by atoms with E-state index in [-0.39, 0.29) is 18.9 Å². The average Bonchev–Trinajstić information content (AvgIpc) is 2.39. The molecule has 0 aliphatic heterocycles. The van der Waals surface area contributed by atoms with E-state index in [9.17, 15) is 4.79 Å². The van der Waals surface area contributed by atoms with Crippen LogP contribution in [0.25, 0.3) is 0 Å². The van der Waals surface area contributed by atoms with E-state index in [1.165, 1.54) is 0 Å². The molecule has 0 aliphatic rings. The van der Waals surface area contributed by atoms with Gasteiger partial charge in [0.2, 0.25) is 5.91 Å². The maximum Gasteiger partial charge on any atom is 0.224 e. The second kappa shape index (κ2) is 8.49. The fraction of sp³-hybridized carbons (Fsp3) is 0.462. The van der Waals surface area contributed by atoms with Gasteiger partial charge in [0.05, 0.1) is 33.4 Å². The first-order valence-corrected chi connectivity index (χ1v) is 5.85. The molecule has 18 heavy (non-hydrogen) atoms. The number of hydrogen-bond acceptors (Lipinski definition) is 4. The van der Waals surface area contributed by atoms with Crippen LogP contribution in [0.1, 0.15) is 5.56 Å². The first-order chi connectivity index (χ1) is 8.77. The van der Waals surface area contributed by atoms with Gasteiger partial charge in [0.25, 0.3) is 0 Å². The van der Waals surface area contributed by atoms with Gasteiger partial charge in [-0.1, -0.05) is 18.2 Å². The summed E-state index contributed by atoms with van der Waals surface area (Å²) >= 11 is 0. The van der Waals surface area contributed by atoms with E-state index in [0.29, 0.717) is 25.5 Å². The van der Waals surface area contributed by atoms with Crippen molar-refractivity contribution in [2.75, 3.05) is 33.5 Å². The fourth-order valence-electron chi connectivity index (χ4n) is 1.51. The highest BCUT2D eigenvalue weighted by Gasteiger charge is 2.07. The molecule has 0 spiro atoms. The molecule has 0 atom stereocenters. The minimum atomic E-state index is -0.0768. The number of carbonyl (C=O) groups is 1. The van der Waals surface area contributed by atoms with Crippen molar-refractivity contribution in [2.24, 2.45) is 0 Å². The Bertz CT molecular complexity index is 368. The van der Waals surface area contributed by atoms with Crippen molar-refractivity contribution in [2.45, 2.75) is 6.42 Å². The fourth-order valence-corrected chi connectivity index (χ4v) is 1.51. The first kappa shape index (κ1) is 14.5. The SMILES string of the molecule is COc1ccccc1CC(=O)NCCOCCO. The van der Waals surface area contributed by atoms with Gasteiger partial charge in [-0.25, -0.2) is 0 Å². The van der Waals surface area contributed by atoms with Crippen molar-refractivity contribution < 1.29 is 19.4 Å². The molecule has 0 aromatic heterocycles. The lowest BCUT2D eigenvalue weighted by Gasteiger charge is -2.08. The Kier molecular flexibility index (Phi) is 6.83. The summed E-state index contributed by atoms with van der Waals surface area (Å²) in [5.41, 5.74) is 0.855. The number of nitrogens with one attached hydrogen (secondary N) is 1. The highest BCUT2D eigenvalue weighted by Crippen LogP contribution is 2.17. The number of hydrogen-bond donors (Lipinski definition) is 2. The number of ether oxygens (including phenoxy) is 2. The van der Waals surface area contributed by atoms with Crippen LogP contribution < -0.4 is 10.1 Å². The van der Waals surface area contributed by atoms with E-state index in [0.717, 1.165) is 5.56 Å². The summed E-state index contributed by atoms with van der Waals surface area (Å²) in [6.45, 7) is 1.13. The van der Waals surface area contributed by atoms with Crippen molar-refractivity contribution in [1.29, 1.82) is 0 Å². The highest BCUT2D eigenvalue weighted by atomic mass is 16.5. The van der Waals surface area contributed by atoms with Gasteiger partial charge < -0.3 is 19.9 Å². The highest BCUT2D eigenvalue weighted by molar-refractivity contribution is 5.79. The molecule has 0 saturated carbocycles. The number of para-hydroxylation sites is 1. The van der Waals surface area contributed by atoms with Crippen molar-refractivity contribution in [3.8, 4) is 5.75 Å². The lowest BCUT2D eigenvalue weighted by molar-refractivity contribution is -0.120. The number of rotatable bonds is 8. The summed E-state index contributed by atoms with van der Waals surface area (Å²) in [7, 11) is 1.58. The van der Waals surface area contributed by atoms with Crippen LogP contribution >= 0.6 is 0 Å². The molecule has 2 N–H and O–H groups in total. The first-order valence-electron chi connectivity index (χ1n) is 5.85. The molecule has 1 rings (SSSR count). The van der Waals surface area contributed by atoms with E-state index in [2.05, 4.69) is 5.32 Å². The maximum atomic E-state index is 11.6. The van der Waals surface area contributed by atoms with E-state index >= 15 is 0 Å². The van der Waals surface area contributed by atoms with Gasteiger partial charge in [-0.05, 0) is 6.07 Å². The van der Waals surface area contributed by atoms with Gasteiger partial charge in [0.15, 0.2) is 0 Å². The third-order valence-electron chi connectivity index (χ3n) is 2.35. The van der Waals surface area contributed by atoms with Crippen LogP contribution in [-0.2, 0) is 16.0 Å². The molecule has 0 bridgehead atoms. The molecule has 5 nitrogen and oxygen atoms in total. The monoisotopic (exact) mass is 253 g/mol. The number of benzene rings is 1. The summed E-state index contributed by atoms with van der Waals surface area (Å²) in [5.74, 6) is 0.635. The normalized spacial score (nSPS) is 10.1. The third kappa shape index (κ3) is 5.16. The maximum absolute atomic E-state index is 11.6. The summed E-state index contributed by atoms with van der Waals surface area (Å²) in [6, 6.07) is 7.42. The van der Waals surface area contributed by atoms with E-state index < -0.39 is 0 Å². The predicted molar refractivity (Wildman–Crippen MR) is 67.6 cm³/mol. The lowest BCUT2D eigenvalue weighted by atomic mass is 10.1. The summed E-state index contributed by atoms with van der Waals surface area (Å²) in [6.07, 6.45) is 0.282. The van der Waals surface area contributed by atoms with Crippen LogP contribution in [0.5, 0.6) is 5.75 Å². The van der Waals surface area contributed by atoms with Crippen molar-refractivity contribution >= 4 is 5.91 Å². The molecular formula is C13H19NO4. The average molecular weight is 253 g/mol. The second-order valence-corrected chi connectivity index (χ2v) is 3.67. The Morgan fingerprint density at radius 1 is 1.33 bits per heavy atom. The van der Waals surface area contributed by atoms with Crippen LogP contribution in [0.15, 0.2) is 24.3 Å². The molecular weight excluding hydrogens is 234 g/mol. The van der Waals surface area contributed by atoms with E-state index in [1.807, 2.05) is 24.3 Å². The number of methoxy groups -OCH3 is 1. The topological polar surface area (TPSA) is 67.8 Å². The number of carbonyl (C=O) groups excluding carboxylic acids is 1. The molecule has 0 aliphatic carbocycles. The minimum Gasteiger partial charge on any atom is -0.496 e. The standard InChI is InChI=1S/C13H19NO4/c1-17-12-5-3-2-4-11(12)10-13(16)14-6-8-18-9-7-15/h2-5,15H,6-10H2,1H3,(H,14,16). The molecule has 1 aromatic carbocycles. The Morgan fingerprint density at radius 2 is 2.11 bits per heavy atom. The molecule has 5 heteroatoms. The van der Waals surface area contributed by atoms with Gasteiger partial charge >= 0.3 is 0 Å². The molecule has 0 unspecified atom stereocenters. The van der Waals surface area contributed by atoms with Gasteiger partial charge in [-0.2, -0.15) is 0 Å². The largest absolute Gasteiger partial charge is 0.496 e. The number of aliphatic hydroxyl groups excluding tert-OH is 1. The zero-order chi connectivity index (χ0) is 13.2. The Labute approximate surface area is 107 Å². The van der Waals surface area contributed by atoms with Gasteiger partial charge in [0, 0.05) is 12.1 Å². The number of aliphatic hydroxyl groups is 1. The van der Waals surface area contributed by atoms with E-state index in [4.69, 9.17) is 14.6 Å². The Morgan fingerprint density at radius 3 is 2.83 bits per heavy atom. The van der Waals surface area contributed by atoms with Crippen molar-refractivity contribution in [3.63, 3.8) is 0 Å². The quantitative estimate of drug-likeness (QED) is 0.657. The molecule has 0 fully saturated rings. The predicted octanol–water partition coefficient (Wildman–Crippen LogP) is 0.363. The second-order valence-electron chi connectivity index (χ2n) is 3.67. The smallest absolute Gasteiger partial charge is 0.224 e. The Hall–Kier alpha value is -1.59. The van der Waals surface area contributed by atoms with Crippen LogP contribution in [-0.4, -0.2) is 44.5 Å². The summed E-state index contributed by atoms with van der Waals surface area (Å²) in [5, 5.41) is 11.2. The molecule has 1 amide bonds. The Balaban J connectivity index is 2.31. The number of amides is 1. The zero-order valence-corrected chi connectivity index (χ0v) is 10.5. The molecule has 100 valence electrons. The molecule has 1 aromatic rings. The van der Waals surface area contributed by atoms with Crippen LogP contribution in [0, 0.1) is 0 Å².